The van der Waals surface area contributed by atoms with Gasteiger partial charge in [0.15, 0.2) is 0 Å². The molecule has 0 N–H and O–H groups in total. The van der Waals surface area contributed by atoms with E-state index < -0.39 is 5.97 Å². The number of carbonyl (C=O) groups is 1. The molecule has 3 heteroatoms. The molecule has 2 rings (SSSR count). The molecular weight excluding hydrogens is 250 g/mol. The second-order valence-electron chi connectivity index (χ2n) is 4.30. The number of rotatable bonds is 3. The molecule has 2 aromatic rings. The average Bonchev–Trinajstić information content (AvgIpc) is 2.48. The summed E-state index contributed by atoms with van der Waals surface area (Å²) in [5, 5.41) is 0. The molecule has 0 heterocycles. The highest BCUT2D eigenvalue weighted by molar-refractivity contribution is 6.26. The van der Waals surface area contributed by atoms with Gasteiger partial charge in [-0.1, -0.05) is 42.5 Å². The van der Waals surface area contributed by atoms with Crippen LogP contribution >= 0.6 is 0 Å². The fraction of sp³-hybridized carbons (Fsp3) is 0.118. The fourth-order valence-electron chi connectivity index (χ4n) is 1.75. The van der Waals surface area contributed by atoms with Gasteiger partial charge in [0.05, 0.1) is 12.8 Å². The van der Waals surface area contributed by atoms with E-state index in [1.807, 2.05) is 61.5 Å². The Morgan fingerprint density at radius 1 is 1.10 bits per heavy atom. The topological polar surface area (TPSA) is 38.7 Å². The highest BCUT2D eigenvalue weighted by Gasteiger charge is 2.11. The fourth-order valence-corrected chi connectivity index (χ4v) is 1.75. The summed E-state index contributed by atoms with van der Waals surface area (Å²) in [6, 6.07) is 16.9. The molecule has 0 aliphatic carbocycles. The van der Waals surface area contributed by atoms with Crippen molar-refractivity contribution >= 4 is 23.1 Å². The Morgan fingerprint density at radius 3 is 2.50 bits per heavy atom. The van der Waals surface area contributed by atoms with E-state index in [4.69, 9.17) is 4.74 Å². The number of hydrogen-bond acceptors (Lipinski definition) is 3. The minimum Gasteiger partial charge on any atom is -0.465 e. The Balaban J connectivity index is 2.46. The van der Waals surface area contributed by atoms with E-state index in [9.17, 15) is 4.79 Å². The lowest BCUT2D eigenvalue weighted by Gasteiger charge is -2.01. The van der Waals surface area contributed by atoms with Crippen LogP contribution in [-0.2, 0) is 9.53 Å². The molecule has 0 saturated carbocycles. The van der Waals surface area contributed by atoms with Crippen molar-refractivity contribution in [1.82, 2.24) is 0 Å². The highest BCUT2D eigenvalue weighted by Crippen LogP contribution is 2.15. The molecule has 2 aromatic carbocycles. The summed E-state index contributed by atoms with van der Waals surface area (Å²) in [7, 11) is 1.35. The first kappa shape index (κ1) is 13.8. The van der Waals surface area contributed by atoms with E-state index in [-0.39, 0.29) is 0 Å². The Kier molecular flexibility index (Phi) is 4.48. The molecular formula is C17H15NO2. The van der Waals surface area contributed by atoms with E-state index in [1.165, 1.54) is 7.11 Å². The standard InChI is InChI=1S/C17H15NO2/c1-13-7-6-10-15(11-13)18-12-16(17(19)20-2)14-8-4-3-5-9-14/h3-11H,1-2H3. The third-order valence-electron chi connectivity index (χ3n) is 2.75. The molecule has 0 amide bonds. The number of esters is 1. The summed E-state index contributed by atoms with van der Waals surface area (Å²) < 4.78 is 4.78. The monoisotopic (exact) mass is 265 g/mol. The summed E-state index contributed by atoms with van der Waals surface area (Å²) in [4.78, 5) is 16.0. The van der Waals surface area contributed by atoms with Crippen molar-refractivity contribution in [3.63, 3.8) is 0 Å². The van der Waals surface area contributed by atoms with E-state index in [2.05, 4.69) is 10.9 Å². The van der Waals surface area contributed by atoms with Crippen LogP contribution in [0.25, 0.3) is 5.57 Å². The molecule has 3 nitrogen and oxygen atoms in total. The summed E-state index contributed by atoms with van der Waals surface area (Å²) in [5.41, 5.74) is 2.90. The first-order valence-corrected chi connectivity index (χ1v) is 6.25. The maximum atomic E-state index is 11.8. The Hall–Kier alpha value is -2.64. The first-order chi connectivity index (χ1) is 9.70. The number of aliphatic imine (C=N–C) groups is 1. The number of benzene rings is 2. The summed E-state index contributed by atoms with van der Waals surface area (Å²) in [5.74, 6) is 2.35. The lowest BCUT2D eigenvalue weighted by molar-refractivity contribution is -0.133. The molecule has 0 unspecified atom stereocenters. The number of aryl methyl sites for hydroxylation is 1. The average molecular weight is 265 g/mol. The Bertz CT molecular complexity index is 668. The van der Waals surface area contributed by atoms with Gasteiger partial charge >= 0.3 is 5.97 Å². The molecule has 0 saturated heterocycles. The summed E-state index contributed by atoms with van der Waals surface area (Å²) >= 11 is 0. The molecule has 100 valence electrons. The van der Waals surface area contributed by atoms with E-state index in [0.717, 1.165) is 16.8 Å². The van der Waals surface area contributed by atoms with Crippen LogP contribution in [0.15, 0.2) is 59.6 Å². The van der Waals surface area contributed by atoms with Crippen molar-refractivity contribution in [1.29, 1.82) is 0 Å². The number of hydrogen-bond donors (Lipinski definition) is 0. The van der Waals surface area contributed by atoms with Crippen LogP contribution in [0, 0.1) is 6.92 Å². The van der Waals surface area contributed by atoms with Crippen LogP contribution in [0.1, 0.15) is 11.1 Å². The summed E-state index contributed by atoms with van der Waals surface area (Å²) in [6.07, 6.45) is 0. The minimum absolute atomic E-state index is 0.314. The van der Waals surface area contributed by atoms with Crippen molar-refractivity contribution in [3.05, 3.63) is 65.7 Å². The Morgan fingerprint density at radius 2 is 1.85 bits per heavy atom. The summed E-state index contributed by atoms with van der Waals surface area (Å²) in [6.45, 7) is 1.99. The van der Waals surface area contributed by atoms with Crippen molar-refractivity contribution in [2.24, 2.45) is 4.99 Å². The van der Waals surface area contributed by atoms with Crippen molar-refractivity contribution < 1.29 is 9.53 Å². The van der Waals surface area contributed by atoms with E-state index in [0.29, 0.717) is 5.57 Å². The third-order valence-corrected chi connectivity index (χ3v) is 2.75. The Labute approximate surface area is 118 Å². The maximum Gasteiger partial charge on any atom is 0.348 e. The van der Waals surface area contributed by atoms with Crippen LogP contribution in [0.2, 0.25) is 0 Å². The van der Waals surface area contributed by atoms with Gasteiger partial charge in [-0.2, -0.15) is 0 Å². The SMILES string of the molecule is COC(=O)C(=C=Nc1cccc(C)c1)c1ccccc1. The highest BCUT2D eigenvalue weighted by atomic mass is 16.5. The van der Waals surface area contributed by atoms with Gasteiger partial charge in [-0.15, -0.1) is 0 Å². The number of nitrogens with zero attached hydrogens (tertiary/aromatic N) is 1. The van der Waals surface area contributed by atoms with Gasteiger partial charge in [-0.3, -0.25) is 0 Å². The van der Waals surface area contributed by atoms with Gasteiger partial charge in [0.2, 0.25) is 0 Å². The van der Waals surface area contributed by atoms with Crippen LogP contribution in [0.4, 0.5) is 5.69 Å². The molecule has 0 fully saturated rings. The predicted molar refractivity (Wildman–Crippen MR) is 80.1 cm³/mol. The zero-order valence-corrected chi connectivity index (χ0v) is 11.5. The largest absolute Gasteiger partial charge is 0.465 e. The van der Waals surface area contributed by atoms with Crippen molar-refractivity contribution in [2.45, 2.75) is 6.92 Å². The minimum atomic E-state index is -0.451. The van der Waals surface area contributed by atoms with Crippen molar-refractivity contribution in [3.8, 4) is 0 Å². The zero-order chi connectivity index (χ0) is 14.4. The lowest BCUT2D eigenvalue weighted by Crippen LogP contribution is -2.04. The van der Waals surface area contributed by atoms with Gasteiger partial charge in [0, 0.05) is 5.87 Å². The second-order valence-corrected chi connectivity index (χ2v) is 4.30. The zero-order valence-electron chi connectivity index (χ0n) is 11.5. The van der Waals surface area contributed by atoms with Crippen molar-refractivity contribution in [2.75, 3.05) is 7.11 Å². The third kappa shape index (κ3) is 3.44. The molecule has 0 radical (unpaired) electrons. The van der Waals surface area contributed by atoms with Crippen LogP contribution in [0.5, 0.6) is 0 Å². The molecule has 0 aromatic heterocycles. The van der Waals surface area contributed by atoms with Crippen LogP contribution in [-0.4, -0.2) is 18.9 Å². The molecule has 20 heavy (non-hydrogen) atoms. The van der Waals surface area contributed by atoms with Crippen LogP contribution < -0.4 is 0 Å². The smallest absolute Gasteiger partial charge is 0.348 e. The second kappa shape index (κ2) is 6.50. The predicted octanol–water partition coefficient (Wildman–Crippen LogP) is 3.55. The lowest BCUT2D eigenvalue weighted by atomic mass is 10.1. The molecule has 0 aliphatic heterocycles. The van der Waals surface area contributed by atoms with Gasteiger partial charge in [-0.05, 0) is 30.2 Å². The number of methoxy groups -OCH3 is 1. The van der Waals surface area contributed by atoms with Gasteiger partial charge in [0.25, 0.3) is 0 Å². The van der Waals surface area contributed by atoms with Gasteiger partial charge < -0.3 is 4.74 Å². The molecule has 0 bridgehead atoms. The molecule has 0 atom stereocenters. The van der Waals surface area contributed by atoms with E-state index in [1.54, 1.807) is 0 Å². The number of ether oxygens (including phenoxy) is 1. The van der Waals surface area contributed by atoms with Gasteiger partial charge in [0.1, 0.15) is 5.57 Å². The molecule has 0 spiro atoms. The maximum absolute atomic E-state index is 11.8. The normalized spacial score (nSPS) is 9.50. The van der Waals surface area contributed by atoms with Gasteiger partial charge in [-0.25, -0.2) is 9.79 Å². The molecule has 0 aliphatic rings. The first-order valence-electron chi connectivity index (χ1n) is 6.25. The number of carbonyl (C=O) groups excluding carboxylic acids is 1. The quantitative estimate of drug-likeness (QED) is 0.483. The van der Waals surface area contributed by atoms with Crippen LogP contribution in [0.3, 0.4) is 0 Å². The van der Waals surface area contributed by atoms with E-state index >= 15 is 0 Å².